The molecule has 1 aliphatic heterocycles. The molecular formula is C12H16N4. The van der Waals surface area contributed by atoms with E-state index in [1.165, 1.54) is 16.6 Å². The fourth-order valence-electron chi connectivity index (χ4n) is 2.34. The second-order valence-corrected chi connectivity index (χ2v) is 4.33. The van der Waals surface area contributed by atoms with E-state index in [-0.39, 0.29) is 0 Å². The number of fused-ring (bicyclic) bond motifs is 1. The lowest BCUT2D eigenvalue weighted by molar-refractivity contribution is 0.588. The van der Waals surface area contributed by atoms with Gasteiger partial charge in [-0.2, -0.15) is 5.10 Å². The normalized spacial score (nSPS) is 16.9. The Morgan fingerprint density at radius 1 is 1.25 bits per heavy atom. The molecule has 1 saturated heterocycles. The van der Waals surface area contributed by atoms with Crippen LogP contribution in [-0.2, 0) is 0 Å². The van der Waals surface area contributed by atoms with Crippen LogP contribution in [0.25, 0.3) is 10.9 Å². The maximum absolute atomic E-state index is 4.07. The first-order valence-electron chi connectivity index (χ1n) is 5.74. The molecule has 1 aromatic carbocycles. The lowest BCUT2D eigenvalue weighted by atomic mass is 10.1. The predicted octanol–water partition coefficient (Wildman–Crippen LogP) is 1.28. The number of anilines is 1. The van der Waals surface area contributed by atoms with E-state index >= 15 is 0 Å². The highest BCUT2D eigenvalue weighted by Crippen LogP contribution is 2.25. The quantitative estimate of drug-likeness (QED) is 0.754. The van der Waals surface area contributed by atoms with E-state index < -0.39 is 0 Å². The molecule has 0 atom stereocenters. The summed E-state index contributed by atoms with van der Waals surface area (Å²) in [4.78, 5) is 2.44. The van der Waals surface area contributed by atoms with Crippen molar-refractivity contribution >= 4 is 16.6 Å². The maximum Gasteiger partial charge on any atom is 0.0671 e. The standard InChI is InChI=1S/C12H16N4/c1-9-6-10-8-14-15-11(10)7-12(9)16-4-2-13-3-5-16/h6-8,13H,2-5H2,1H3,(H,14,15). The minimum absolute atomic E-state index is 1.07. The topological polar surface area (TPSA) is 44.0 Å². The van der Waals surface area contributed by atoms with Crippen LogP contribution in [0, 0.1) is 6.92 Å². The Labute approximate surface area is 94.6 Å². The lowest BCUT2D eigenvalue weighted by Crippen LogP contribution is -2.43. The number of H-pyrrole nitrogens is 1. The van der Waals surface area contributed by atoms with Gasteiger partial charge in [-0.25, -0.2) is 0 Å². The first-order valence-corrected chi connectivity index (χ1v) is 5.74. The summed E-state index contributed by atoms with van der Waals surface area (Å²) < 4.78 is 0. The van der Waals surface area contributed by atoms with Crippen molar-refractivity contribution in [1.82, 2.24) is 15.5 Å². The van der Waals surface area contributed by atoms with Crippen LogP contribution < -0.4 is 10.2 Å². The molecule has 3 rings (SSSR count). The molecule has 1 aliphatic rings. The smallest absolute Gasteiger partial charge is 0.0671 e. The van der Waals surface area contributed by atoms with Crippen molar-refractivity contribution in [3.8, 4) is 0 Å². The molecule has 0 radical (unpaired) electrons. The van der Waals surface area contributed by atoms with E-state index in [0.29, 0.717) is 0 Å². The Kier molecular flexibility index (Phi) is 2.29. The van der Waals surface area contributed by atoms with Gasteiger partial charge in [-0.15, -0.1) is 0 Å². The molecule has 0 amide bonds. The van der Waals surface area contributed by atoms with Gasteiger partial charge in [0.15, 0.2) is 0 Å². The van der Waals surface area contributed by atoms with E-state index in [0.717, 1.165) is 31.7 Å². The third-order valence-electron chi connectivity index (χ3n) is 3.21. The molecule has 0 spiro atoms. The second-order valence-electron chi connectivity index (χ2n) is 4.33. The number of benzene rings is 1. The van der Waals surface area contributed by atoms with E-state index in [4.69, 9.17) is 0 Å². The number of piperazine rings is 1. The van der Waals surface area contributed by atoms with Crippen molar-refractivity contribution in [3.05, 3.63) is 23.9 Å². The monoisotopic (exact) mass is 216 g/mol. The molecule has 4 nitrogen and oxygen atoms in total. The first-order chi connectivity index (χ1) is 7.84. The number of nitrogens with one attached hydrogen (secondary N) is 2. The van der Waals surface area contributed by atoms with Gasteiger partial charge < -0.3 is 10.2 Å². The van der Waals surface area contributed by atoms with E-state index in [1.807, 2.05) is 6.20 Å². The molecule has 0 saturated carbocycles. The number of aromatic amines is 1. The molecule has 2 heterocycles. The highest BCUT2D eigenvalue weighted by Gasteiger charge is 2.13. The molecule has 0 unspecified atom stereocenters. The van der Waals surface area contributed by atoms with Crippen LogP contribution in [0.1, 0.15) is 5.56 Å². The molecular weight excluding hydrogens is 200 g/mol. The Morgan fingerprint density at radius 2 is 2.06 bits per heavy atom. The number of nitrogens with zero attached hydrogens (tertiary/aromatic N) is 2. The number of aryl methyl sites for hydroxylation is 1. The zero-order chi connectivity index (χ0) is 11.0. The minimum Gasteiger partial charge on any atom is -0.369 e. The molecule has 4 heteroatoms. The van der Waals surface area contributed by atoms with E-state index in [2.05, 4.69) is 39.5 Å². The largest absolute Gasteiger partial charge is 0.369 e. The van der Waals surface area contributed by atoms with Gasteiger partial charge in [0.05, 0.1) is 11.7 Å². The maximum atomic E-state index is 4.07. The second kappa shape index (κ2) is 3.79. The third kappa shape index (κ3) is 1.55. The Balaban J connectivity index is 2.03. The van der Waals surface area contributed by atoms with Crippen LogP contribution in [0.3, 0.4) is 0 Å². The van der Waals surface area contributed by atoms with Gasteiger partial charge in [0.25, 0.3) is 0 Å². The summed E-state index contributed by atoms with van der Waals surface area (Å²) in [6.07, 6.45) is 1.88. The number of hydrogen-bond donors (Lipinski definition) is 2. The van der Waals surface area contributed by atoms with Crippen LogP contribution in [0.2, 0.25) is 0 Å². The summed E-state index contributed by atoms with van der Waals surface area (Å²) in [6.45, 7) is 6.48. The van der Waals surface area contributed by atoms with Crippen molar-refractivity contribution < 1.29 is 0 Å². The molecule has 1 aromatic heterocycles. The van der Waals surface area contributed by atoms with Crippen molar-refractivity contribution in [1.29, 1.82) is 0 Å². The molecule has 2 aromatic rings. The zero-order valence-electron chi connectivity index (χ0n) is 9.45. The Morgan fingerprint density at radius 3 is 2.88 bits per heavy atom. The summed E-state index contributed by atoms with van der Waals surface area (Å²) >= 11 is 0. The van der Waals surface area contributed by atoms with Gasteiger partial charge in [-0.05, 0) is 24.6 Å². The lowest BCUT2D eigenvalue weighted by Gasteiger charge is -2.30. The van der Waals surface area contributed by atoms with Crippen LogP contribution in [0.5, 0.6) is 0 Å². The first kappa shape index (κ1) is 9.66. The van der Waals surface area contributed by atoms with Crippen molar-refractivity contribution in [2.24, 2.45) is 0 Å². The van der Waals surface area contributed by atoms with Gasteiger partial charge >= 0.3 is 0 Å². The Bertz CT molecular complexity index is 497. The highest BCUT2D eigenvalue weighted by atomic mass is 15.2. The number of rotatable bonds is 1. The van der Waals surface area contributed by atoms with Gasteiger partial charge in [-0.3, -0.25) is 5.10 Å². The van der Waals surface area contributed by atoms with Gasteiger partial charge in [0.1, 0.15) is 0 Å². The average Bonchev–Trinajstić information content (AvgIpc) is 2.76. The van der Waals surface area contributed by atoms with E-state index in [1.54, 1.807) is 0 Å². The minimum atomic E-state index is 1.07. The van der Waals surface area contributed by atoms with Crippen LogP contribution >= 0.6 is 0 Å². The third-order valence-corrected chi connectivity index (χ3v) is 3.21. The summed E-state index contributed by atoms with van der Waals surface area (Å²) in [7, 11) is 0. The number of aromatic nitrogens is 2. The van der Waals surface area contributed by atoms with Crippen molar-refractivity contribution in [3.63, 3.8) is 0 Å². The summed E-state index contributed by atoms with van der Waals surface area (Å²) in [5.41, 5.74) is 3.79. The molecule has 1 fully saturated rings. The van der Waals surface area contributed by atoms with Crippen molar-refractivity contribution in [2.75, 3.05) is 31.1 Å². The predicted molar refractivity (Wildman–Crippen MR) is 65.9 cm³/mol. The summed E-state index contributed by atoms with van der Waals surface area (Å²) in [6, 6.07) is 4.42. The molecule has 0 aliphatic carbocycles. The number of hydrogen-bond acceptors (Lipinski definition) is 3. The zero-order valence-corrected chi connectivity index (χ0v) is 9.45. The molecule has 16 heavy (non-hydrogen) atoms. The highest BCUT2D eigenvalue weighted by molar-refractivity contribution is 5.83. The van der Waals surface area contributed by atoms with Gasteiger partial charge in [0, 0.05) is 37.3 Å². The SMILES string of the molecule is Cc1cc2cn[nH]c2cc1N1CCNCC1. The van der Waals surface area contributed by atoms with Crippen LogP contribution in [0.4, 0.5) is 5.69 Å². The van der Waals surface area contributed by atoms with Crippen LogP contribution in [-0.4, -0.2) is 36.4 Å². The fourth-order valence-corrected chi connectivity index (χ4v) is 2.34. The molecule has 2 N–H and O–H groups in total. The van der Waals surface area contributed by atoms with Crippen molar-refractivity contribution in [2.45, 2.75) is 6.92 Å². The average molecular weight is 216 g/mol. The van der Waals surface area contributed by atoms with Gasteiger partial charge in [0.2, 0.25) is 0 Å². The van der Waals surface area contributed by atoms with E-state index in [9.17, 15) is 0 Å². The molecule has 0 bridgehead atoms. The van der Waals surface area contributed by atoms with Crippen LogP contribution in [0.15, 0.2) is 18.3 Å². The van der Waals surface area contributed by atoms with Gasteiger partial charge in [-0.1, -0.05) is 0 Å². The summed E-state index contributed by atoms with van der Waals surface area (Å²) in [5.74, 6) is 0. The Hall–Kier alpha value is -1.55. The summed E-state index contributed by atoms with van der Waals surface area (Å²) in [5, 5.41) is 11.7. The fraction of sp³-hybridized carbons (Fsp3) is 0.417. The molecule has 84 valence electrons.